The Hall–Kier alpha value is -0.160. The van der Waals surface area contributed by atoms with Crippen molar-refractivity contribution in [3.05, 3.63) is 0 Å². The molecule has 0 aromatic carbocycles. The van der Waals surface area contributed by atoms with Crippen LogP contribution in [-0.2, 0) is 9.47 Å². The maximum Gasteiger partial charge on any atom is 0.0933 e. The van der Waals surface area contributed by atoms with Crippen LogP contribution in [0.25, 0.3) is 0 Å². The van der Waals surface area contributed by atoms with Gasteiger partial charge in [-0.05, 0) is 12.8 Å². The van der Waals surface area contributed by atoms with Gasteiger partial charge >= 0.3 is 0 Å². The number of hydrogen-bond acceptors (Lipinski definition) is 4. The highest BCUT2D eigenvalue weighted by molar-refractivity contribution is 4.82. The maximum atomic E-state index is 10.2. The first kappa shape index (κ1) is 12.3. The van der Waals surface area contributed by atoms with Gasteiger partial charge in [0, 0.05) is 13.1 Å². The fourth-order valence-electron chi connectivity index (χ4n) is 2.46. The summed E-state index contributed by atoms with van der Waals surface area (Å²) in [6, 6.07) is 0. The van der Waals surface area contributed by atoms with Gasteiger partial charge in [0.2, 0.25) is 0 Å². The first-order valence-corrected chi connectivity index (χ1v) is 6.41. The normalized spacial score (nSPS) is 30.2. The Kier molecular flexibility index (Phi) is 4.58. The second-order valence-electron chi connectivity index (χ2n) is 5.00. The first-order chi connectivity index (χ1) is 7.79. The fourth-order valence-corrected chi connectivity index (χ4v) is 2.46. The van der Waals surface area contributed by atoms with Crippen molar-refractivity contribution in [1.29, 1.82) is 0 Å². The minimum Gasteiger partial charge on any atom is -0.387 e. The maximum absolute atomic E-state index is 10.2. The zero-order valence-corrected chi connectivity index (χ0v) is 9.91. The van der Waals surface area contributed by atoms with Gasteiger partial charge in [-0.15, -0.1) is 0 Å². The van der Waals surface area contributed by atoms with Crippen LogP contribution in [0.1, 0.15) is 32.1 Å². The summed E-state index contributed by atoms with van der Waals surface area (Å²) in [5, 5.41) is 13.5. The Morgan fingerprint density at radius 1 is 1.31 bits per heavy atom. The van der Waals surface area contributed by atoms with Crippen LogP contribution in [0.2, 0.25) is 0 Å². The van der Waals surface area contributed by atoms with Crippen LogP contribution in [0.4, 0.5) is 0 Å². The van der Waals surface area contributed by atoms with Crippen LogP contribution < -0.4 is 5.32 Å². The van der Waals surface area contributed by atoms with Crippen molar-refractivity contribution in [2.45, 2.75) is 43.8 Å². The molecule has 0 bridgehead atoms. The van der Waals surface area contributed by atoms with E-state index in [0.29, 0.717) is 13.2 Å². The van der Waals surface area contributed by atoms with Gasteiger partial charge in [0.15, 0.2) is 0 Å². The Morgan fingerprint density at radius 3 is 2.81 bits per heavy atom. The van der Waals surface area contributed by atoms with E-state index in [9.17, 15) is 5.11 Å². The van der Waals surface area contributed by atoms with Gasteiger partial charge in [-0.3, -0.25) is 0 Å². The van der Waals surface area contributed by atoms with Crippen molar-refractivity contribution in [3.63, 3.8) is 0 Å². The summed E-state index contributed by atoms with van der Waals surface area (Å²) in [5.74, 6) is 0. The molecule has 1 saturated carbocycles. The molecule has 2 aliphatic rings. The molecule has 1 aliphatic carbocycles. The molecule has 1 atom stereocenters. The van der Waals surface area contributed by atoms with E-state index in [1.165, 1.54) is 6.42 Å². The molecule has 0 aromatic rings. The third-order valence-electron chi connectivity index (χ3n) is 3.46. The number of aliphatic hydroxyl groups is 1. The second-order valence-corrected chi connectivity index (χ2v) is 5.00. The van der Waals surface area contributed by atoms with E-state index < -0.39 is 5.60 Å². The van der Waals surface area contributed by atoms with E-state index in [1.807, 2.05) is 0 Å². The zero-order chi connectivity index (χ0) is 11.3. The van der Waals surface area contributed by atoms with Crippen LogP contribution in [0.5, 0.6) is 0 Å². The van der Waals surface area contributed by atoms with Crippen molar-refractivity contribution in [2.24, 2.45) is 0 Å². The molecular weight excluding hydrogens is 206 g/mol. The number of nitrogens with one attached hydrogen (secondary N) is 1. The molecule has 1 heterocycles. The minimum atomic E-state index is -0.569. The summed E-state index contributed by atoms with van der Waals surface area (Å²) in [5.41, 5.74) is -0.569. The van der Waals surface area contributed by atoms with Gasteiger partial charge in [0.05, 0.1) is 31.5 Å². The lowest BCUT2D eigenvalue weighted by molar-refractivity contribution is -0.0962. The van der Waals surface area contributed by atoms with Crippen LogP contribution in [0.3, 0.4) is 0 Å². The van der Waals surface area contributed by atoms with Crippen molar-refractivity contribution < 1.29 is 14.6 Å². The molecule has 2 fully saturated rings. The lowest BCUT2D eigenvalue weighted by Crippen LogP contribution is -2.43. The highest BCUT2D eigenvalue weighted by Gasteiger charge is 2.29. The predicted molar refractivity (Wildman–Crippen MR) is 61.5 cm³/mol. The summed E-state index contributed by atoms with van der Waals surface area (Å²) in [6.45, 7) is 3.61. The molecule has 1 unspecified atom stereocenters. The highest BCUT2D eigenvalue weighted by Crippen LogP contribution is 2.28. The summed E-state index contributed by atoms with van der Waals surface area (Å²) < 4.78 is 11.1. The molecule has 16 heavy (non-hydrogen) atoms. The molecule has 1 aliphatic heterocycles. The van der Waals surface area contributed by atoms with Crippen molar-refractivity contribution in [2.75, 3.05) is 32.9 Å². The van der Waals surface area contributed by atoms with Crippen molar-refractivity contribution in [1.82, 2.24) is 5.32 Å². The molecular formula is C12H23NO3. The number of hydrogen-bond donors (Lipinski definition) is 2. The Balaban J connectivity index is 1.62. The molecule has 2 rings (SSSR count). The number of rotatable bonds is 4. The third-order valence-corrected chi connectivity index (χ3v) is 3.46. The van der Waals surface area contributed by atoms with E-state index >= 15 is 0 Å². The zero-order valence-electron chi connectivity index (χ0n) is 9.91. The first-order valence-electron chi connectivity index (χ1n) is 6.41. The molecule has 94 valence electrons. The summed E-state index contributed by atoms with van der Waals surface area (Å²) in [6.07, 6.45) is 5.43. The lowest BCUT2D eigenvalue weighted by atomic mass is 9.86. The molecule has 0 amide bonds. The van der Waals surface area contributed by atoms with Crippen LogP contribution in [-0.4, -0.2) is 49.7 Å². The molecule has 0 aromatic heterocycles. The van der Waals surface area contributed by atoms with Crippen LogP contribution in [0, 0.1) is 0 Å². The van der Waals surface area contributed by atoms with Gasteiger partial charge < -0.3 is 19.9 Å². The SMILES string of the molecule is OC1(COCC2CNCCO2)CCCCC1. The molecule has 1 saturated heterocycles. The smallest absolute Gasteiger partial charge is 0.0933 e. The number of ether oxygens (including phenoxy) is 2. The minimum absolute atomic E-state index is 0.154. The van der Waals surface area contributed by atoms with Gasteiger partial charge in [0.25, 0.3) is 0 Å². The van der Waals surface area contributed by atoms with Crippen LogP contribution in [0.15, 0.2) is 0 Å². The standard InChI is InChI=1S/C12H23NO3/c14-12(4-2-1-3-5-12)10-15-9-11-8-13-6-7-16-11/h11,13-14H,1-10H2. The fraction of sp³-hybridized carbons (Fsp3) is 1.00. The highest BCUT2D eigenvalue weighted by atomic mass is 16.5. The predicted octanol–water partition coefficient (Wildman–Crippen LogP) is 0.687. The Morgan fingerprint density at radius 2 is 2.12 bits per heavy atom. The monoisotopic (exact) mass is 229 g/mol. The summed E-state index contributed by atoms with van der Waals surface area (Å²) >= 11 is 0. The molecule has 4 heteroatoms. The lowest BCUT2D eigenvalue weighted by Gasteiger charge is -2.32. The quantitative estimate of drug-likeness (QED) is 0.744. The average molecular weight is 229 g/mol. The largest absolute Gasteiger partial charge is 0.387 e. The third kappa shape index (κ3) is 3.70. The molecule has 2 N–H and O–H groups in total. The average Bonchev–Trinajstić information content (AvgIpc) is 2.31. The second kappa shape index (κ2) is 5.96. The van der Waals surface area contributed by atoms with E-state index in [1.54, 1.807) is 0 Å². The Labute approximate surface area is 97.3 Å². The Bertz CT molecular complexity index is 198. The van der Waals surface area contributed by atoms with E-state index in [2.05, 4.69) is 5.32 Å². The summed E-state index contributed by atoms with van der Waals surface area (Å²) in [4.78, 5) is 0. The molecule has 4 nitrogen and oxygen atoms in total. The summed E-state index contributed by atoms with van der Waals surface area (Å²) in [7, 11) is 0. The van der Waals surface area contributed by atoms with E-state index in [0.717, 1.165) is 45.4 Å². The van der Waals surface area contributed by atoms with Crippen LogP contribution >= 0.6 is 0 Å². The van der Waals surface area contributed by atoms with E-state index in [4.69, 9.17) is 9.47 Å². The van der Waals surface area contributed by atoms with Gasteiger partial charge in [0.1, 0.15) is 0 Å². The van der Waals surface area contributed by atoms with Crippen molar-refractivity contribution in [3.8, 4) is 0 Å². The van der Waals surface area contributed by atoms with E-state index in [-0.39, 0.29) is 6.10 Å². The van der Waals surface area contributed by atoms with Gasteiger partial charge in [-0.1, -0.05) is 19.3 Å². The number of morpholine rings is 1. The van der Waals surface area contributed by atoms with Crippen molar-refractivity contribution >= 4 is 0 Å². The molecule has 0 spiro atoms. The topological polar surface area (TPSA) is 50.7 Å². The van der Waals surface area contributed by atoms with Gasteiger partial charge in [-0.2, -0.15) is 0 Å². The van der Waals surface area contributed by atoms with Gasteiger partial charge in [-0.25, -0.2) is 0 Å². The molecule has 0 radical (unpaired) electrons.